The van der Waals surface area contributed by atoms with Crippen molar-refractivity contribution in [2.45, 2.75) is 19.3 Å². The van der Waals surface area contributed by atoms with Crippen molar-refractivity contribution in [3.05, 3.63) is 226 Å². The summed E-state index contributed by atoms with van der Waals surface area (Å²) in [6.07, 6.45) is 3.71. The summed E-state index contributed by atoms with van der Waals surface area (Å²) >= 11 is 3.57. The van der Waals surface area contributed by atoms with E-state index in [2.05, 4.69) is 182 Å². The maximum atomic E-state index is 5.30. The normalized spacial score (nSPS) is 12.9. The fraction of sp³-hybridized carbons (Fsp3) is 0.0508. The Morgan fingerprint density at radius 1 is 0.385 bits per heavy atom. The lowest BCUT2D eigenvalue weighted by molar-refractivity contribution is 0.767. The molecule has 6 heteroatoms. The van der Waals surface area contributed by atoms with E-state index in [1.807, 2.05) is 24.5 Å². The van der Waals surface area contributed by atoms with Gasteiger partial charge in [0.1, 0.15) is 0 Å². The van der Waals surface area contributed by atoms with E-state index in [-0.39, 0.29) is 0 Å². The minimum Gasteiger partial charge on any atom is -0.254 e. The molecule has 306 valence electrons. The molecule has 1 aliphatic carbocycles. The summed E-state index contributed by atoms with van der Waals surface area (Å²) in [4.78, 5) is 22.6. The second kappa shape index (κ2) is 14.7. The number of aromatic nitrogens is 4. The van der Waals surface area contributed by atoms with Crippen LogP contribution < -0.4 is 0 Å². The van der Waals surface area contributed by atoms with Crippen LogP contribution >= 0.6 is 22.7 Å². The number of hydrogen-bond donors (Lipinski definition) is 0. The molecule has 6 aromatic carbocycles. The summed E-state index contributed by atoms with van der Waals surface area (Å²) in [5.74, 6) is 0. The molecule has 0 N–H and O–H groups in total. The maximum Gasteiger partial charge on any atom is 0.0972 e. The summed E-state index contributed by atoms with van der Waals surface area (Å²) in [5, 5.41) is 8.67. The zero-order valence-corrected chi connectivity index (χ0v) is 37.2. The number of aryl methyl sites for hydroxylation is 2. The molecular weight excluding hydrogens is 829 g/mol. The first kappa shape index (κ1) is 37.9. The van der Waals surface area contributed by atoms with E-state index in [1.54, 1.807) is 22.7 Å². The standard InChI is InChI=1S/C59H38N4S2/c1-35-31-43(19-23-45(35)51-25-17-39-13-11-37-7-3-27-60-55(37)57(39)62-51)59(44-20-24-46(36(2)32-44)52-26-18-40-14-12-38-8-4-28-61-56(38)58(40)63-52)49-33-41(53-9-5-29-64-53)15-21-47(49)48-22-16-42(34-50(48)59)54-10-6-30-65-54/h3-34H,1-2H3. The fourth-order valence-electron chi connectivity index (χ4n) is 10.4. The lowest BCUT2D eigenvalue weighted by Gasteiger charge is -2.35. The van der Waals surface area contributed by atoms with Crippen molar-refractivity contribution in [3.8, 4) is 54.5 Å². The molecule has 6 aromatic heterocycles. The van der Waals surface area contributed by atoms with Gasteiger partial charge >= 0.3 is 0 Å². The Labute approximate surface area is 384 Å². The Hall–Kier alpha value is -7.64. The van der Waals surface area contributed by atoms with E-state index >= 15 is 0 Å². The maximum absolute atomic E-state index is 5.30. The van der Waals surface area contributed by atoms with Crippen LogP contribution in [0.25, 0.3) is 98.1 Å². The molecule has 0 aliphatic heterocycles. The topological polar surface area (TPSA) is 51.6 Å². The van der Waals surface area contributed by atoms with Crippen molar-refractivity contribution in [3.63, 3.8) is 0 Å². The minimum absolute atomic E-state index is 0.661. The van der Waals surface area contributed by atoms with Crippen LogP contribution in [0.2, 0.25) is 0 Å². The molecule has 1 aliphatic rings. The van der Waals surface area contributed by atoms with E-state index in [4.69, 9.17) is 19.9 Å². The van der Waals surface area contributed by atoms with Crippen molar-refractivity contribution >= 4 is 66.3 Å². The first-order valence-electron chi connectivity index (χ1n) is 21.9. The molecule has 65 heavy (non-hydrogen) atoms. The molecule has 0 fully saturated rings. The summed E-state index contributed by atoms with van der Waals surface area (Å²) in [5.41, 5.74) is 19.4. The van der Waals surface area contributed by atoms with Crippen molar-refractivity contribution in [2.75, 3.05) is 0 Å². The van der Waals surface area contributed by atoms with Crippen LogP contribution in [-0.4, -0.2) is 19.9 Å². The zero-order chi connectivity index (χ0) is 43.2. The average Bonchev–Trinajstić information content (AvgIpc) is 4.15. The van der Waals surface area contributed by atoms with Crippen LogP contribution in [0.4, 0.5) is 0 Å². The van der Waals surface area contributed by atoms with Crippen LogP contribution in [0, 0.1) is 13.8 Å². The van der Waals surface area contributed by atoms with Gasteiger partial charge in [-0.1, -0.05) is 121 Å². The van der Waals surface area contributed by atoms with Gasteiger partial charge in [0, 0.05) is 54.8 Å². The summed E-state index contributed by atoms with van der Waals surface area (Å²) in [7, 11) is 0. The van der Waals surface area contributed by atoms with Gasteiger partial charge in [0.15, 0.2) is 0 Å². The summed E-state index contributed by atoms with van der Waals surface area (Å²) < 4.78 is 0. The van der Waals surface area contributed by atoms with E-state index in [1.165, 1.54) is 54.3 Å². The number of rotatable bonds is 6. The number of benzene rings is 6. The van der Waals surface area contributed by atoms with Gasteiger partial charge < -0.3 is 0 Å². The first-order valence-corrected chi connectivity index (χ1v) is 23.7. The lowest BCUT2D eigenvalue weighted by Crippen LogP contribution is -2.29. The quantitative estimate of drug-likeness (QED) is 0.156. The number of nitrogens with zero attached hydrogens (tertiary/aromatic N) is 4. The summed E-state index contributed by atoms with van der Waals surface area (Å²) in [6, 6.07) is 62.5. The molecule has 0 saturated heterocycles. The van der Waals surface area contributed by atoms with Gasteiger partial charge in [-0.3, -0.25) is 9.97 Å². The molecule has 0 amide bonds. The molecule has 0 saturated carbocycles. The molecule has 0 unspecified atom stereocenters. The number of pyridine rings is 4. The van der Waals surface area contributed by atoms with Crippen LogP contribution in [0.1, 0.15) is 33.4 Å². The van der Waals surface area contributed by atoms with Crippen LogP contribution in [-0.2, 0) is 5.41 Å². The van der Waals surface area contributed by atoms with Crippen LogP contribution in [0.15, 0.2) is 193 Å². The molecule has 4 nitrogen and oxygen atoms in total. The number of thiophene rings is 2. The number of hydrogen-bond acceptors (Lipinski definition) is 6. The second-order valence-corrected chi connectivity index (χ2v) is 19.0. The highest BCUT2D eigenvalue weighted by Crippen LogP contribution is 2.58. The zero-order valence-electron chi connectivity index (χ0n) is 35.6. The SMILES string of the molecule is Cc1cc(C2(c3ccc(-c4ccc5ccc6cccnc6c5n4)c(C)c3)c3cc(-c4cccs4)ccc3-c3ccc(-c4cccs4)cc32)ccc1-c1ccc2ccc3cccnc3c2n1. The average molecular weight is 867 g/mol. The van der Waals surface area contributed by atoms with Gasteiger partial charge in [0.05, 0.1) is 38.9 Å². The highest BCUT2D eigenvalue weighted by molar-refractivity contribution is 7.13. The monoisotopic (exact) mass is 866 g/mol. The van der Waals surface area contributed by atoms with Crippen molar-refractivity contribution < 1.29 is 0 Å². The first-order chi connectivity index (χ1) is 32.0. The lowest BCUT2D eigenvalue weighted by atomic mass is 9.66. The fourth-order valence-corrected chi connectivity index (χ4v) is 11.9. The van der Waals surface area contributed by atoms with Gasteiger partial charge in [-0.15, -0.1) is 22.7 Å². The molecule has 0 atom stereocenters. The molecular formula is C59H38N4S2. The molecule has 13 rings (SSSR count). The minimum atomic E-state index is -0.661. The third kappa shape index (κ3) is 5.88. The predicted octanol–water partition coefficient (Wildman–Crippen LogP) is 15.7. The van der Waals surface area contributed by atoms with Crippen molar-refractivity contribution in [2.24, 2.45) is 0 Å². The van der Waals surface area contributed by atoms with E-state index in [0.717, 1.165) is 77.3 Å². The Morgan fingerprint density at radius 3 is 1.25 bits per heavy atom. The Morgan fingerprint density at radius 2 is 0.815 bits per heavy atom. The smallest absolute Gasteiger partial charge is 0.0972 e. The highest BCUT2D eigenvalue weighted by atomic mass is 32.1. The molecule has 0 spiro atoms. The third-order valence-electron chi connectivity index (χ3n) is 13.5. The largest absolute Gasteiger partial charge is 0.254 e. The van der Waals surface area contributed by atoms with Crippen molar-refractivity contribution in [1.82, 2.24) is 19.9 Å². The second-order valence-electron chi connectivity index (χ2n) is 17.1. The van der Waals surface area contributed by atoms with Gasteiger partial charge in [-0.2, -0.15) is 0 Å². The summed E-state index contributed by atoms with van der Waals surface area (Å²) in [6.45, 7) is 4.47. The van der Waals surface area contributed by atoms with Crippen LogP contribution in [0.3, 0.4) is 0 Å². The van der Waals surface area contributed by atoms with Gasteiger partial charge in [0.25, 0.3) is 0 Å². The van der Waals surface area contributed by atoms with Crippen LogP contribution in [0.5, 0.6) is 0 Å². The molecule has 0 radical (unpaired) electrons. The van der Waals surface area contributed by atoms with E-state index in [0.29, 0.717) is 0 Å². The number of fused-ring (bicyclic) bond motifs is 9. The van der Waals surface area contributed by atoms with Gasteiger partial charge in [-0.05, 0) is 129 Å². The Balaban J connectivity index is 1.05. The van der Waals surface area contributed by atoms with E-state index < -0.39 is 5.41 Å². The molecule has 6 heterocycles. The Bertz CT molecular complexity index is 3620. The van der Waals surface area contributed by atoms with E-state index in [9.17, 15) is 0 Å². The third-order valence-corrected chi connectivity index (χ3v) is 15.3. The van der Waals surface area contributed by atoms with Gasteiger partial charge in [0.2, 0.25) is 0 Å². The molecule has 12 aromatic rings. The Kier molecular flexibility index (Phi) is 8.57. The van der Waals surface area contributed by atoms with Crippen molar-refractivity contribution in [1.29, 1.82) is 0 Å². The highest BCUT2D eigenvalue weighted by Gasteiger charge is 2.47. The predicted molar refractivity (Wildman–Crippen MR) is 272 cm³/mol. The molecule has 0 bridgehead atoms. The van der Waals surface area contributed by atoms with Gasteiger partial charge in [-0.25, -0.2) is 9.97 Å².